The van der Waals surface area contributed by atoms with Gasteiger partial charge in [0, 0.05) is 36.6 Å². The van der Waals surface area contributed by atoms with Crippen molar-refractivity contribution in [3.05, 3.63) is 53.9 Å². The number of piperidine rings is 1. The number of nitrogens with one attached hydrogen (secondary N) is 1. The lowest BCUT2D eigenvalue weighted by molar-refractivity contribution is -0.121. The highest BCUT2D eigenvalue weighted by molar-refractivity contribution is 7.89. The fraction of sp³-hybridized carbons (Fsp3) is 0.316. The minimum absolute atomic E-state index is 0.0112. The van der Waals surface area contributed by atoms with Crippen LogP contribution in [0.1, 0.15) is 28.9 Å². The second-order valence-corrected chi connectivity index (χ2v) is 8.37. The highest BCUT2D eigenvalue weighted by Gasteiger charge is 2.28. The summed E-state index contributed by atoms with van der Waals surface area (Å²) < 4.78 is 22.5. The Morgan fingerprint density at radius 2 is 1.75 bits per heavy atom. The Bertz CT molecular complexity index is 964. The van der Waals surface area contributed by atoms with Crippen molar-refractivity contribution < 1.29 is 18.0 Å². The Morgan fingerprint density at radius 3 is 2.29 bits per heavy atom. The van der Waals surface area contributed by atoms with E-state index >= 15 is 0 Å². The maximum absolute atomic E-state index is 12.5. The van der Waals surface area contributed by atoms with Gasteiger partial charge in [0.05, 0.1) is 10.5 Å². The van der Waals surface area contributed by atoms with E-state index in [4.69, 9.17) is 5.14 Å². The lowest BCUT2D eigenvalue weighted by Gasteiger charge is -2.31. The quantitative estimate of drug-likeness (QED) is 0.803. The molecule has 28 heavy (non-hydrogen) atoms. The molecule has 1 aromatic carbocycles. The van der Waals surface area contributed by atoms with Crippen LogP contribution in [0, 0.1) is 12.8 Å². The van der Waals surface area contributed by atoms with Gasteiger partial charge in [-0.1, -0.05) is 0 Å². The van der Waals surface area contributed by atoms with E-state index in [1.54, 1.807) is 23.2 Å². The zero-order chi connectivity index (χ0) is 20.3. The molecule has 1 aliphatic rings. The van der Waals surface area contributed by atoms with Crippen molar-refractivity contribution in [1.29, 1.82) is 0 Å². The molecular weight excluding hydrogens is 380 g/mol. The maximum atomic E-state index is 12.5. The molecule has 0 spiro atoms. The molecule has 0 aliphatic carbocycles. The molecule has 1 saturated heterocycles. The summed E-state index contributed by atoms with van der Waals surface area (Å²) in [5.41, 5.74) is 1.90. The SMILES string of the molecule is Cc1ccc(C(=O)N2CCC(C(=O)Nc3ccc(S(N)(=O)=O)cc3)CC2)cn1. The number of carbonyl (C=O) groups is 2. The van der Waals surface area contributed by atoms with Crippen molar-refractivity contribution in [3.63, 3.8) is 0 Å². The van der Waals surface area contributed by atoms with Gasteiger partial charge < -0.3 is 10.2 Å². The lowest BCUT2D eigenvalue weighted by Crippen LogP contribution is -2.41. The highest BCUT2D eigenvalue weighted by atomic mass is 32.2. The topological polar surface area (TPSA) is 122 Å². The Hall–Kier alpha value is -2.78. The Labute approximate surface area is 163 Å². The van der Waals surface area contributed by atoms with Crippen molar-refractivity contribution in [2.75, 3.05) is 18.4 Å². The van der Waals surface area contributed by atoms with E-state index in [0.29, 0.717) is 37.2 Å². The van der Waals surface area contributed by atoms with Crippen LogP contribution in [-0.2, 0) is 14.8 Å². The standard InChI is InChI=1S/C19H22N4O4S/c1-13-2-3-15(12-21-13)19(25)23-10-8-14(9-11-23)18(24)22-16-4-6-17(7-5-16)28(20,26)27/h2-7,12,14H,8-11H2,1H3,(H,22,24)(H2,20,26,27). The number of hydrogen-bond donors (Lipinski definition) is 2. The van der Waals surface area contributed by atoms with Crippen molar-refractivity contribution in [2.45, 2.75) is 24.7 Å². The molecule has 8 nitrogen and oxygen atoms in total. The van der Waals surface area contributed by atoms with Gasteiger partial charge in [0.25, 0.3) is 5.91 Å². The minimum atomic E-state index is -3.76. The number of benzene rings is 1. The molecule has 1 aromatic heterocycles. The van der Waals surface area contributed by atoms with Crippen LogP contribution >= 0.6 is 0 Å². The third-order valence-electron chi connectivity index (χ3n) is 4.76. The molecule has 9 heteroatoms. The number of aryl methyl sites for hydroxylation is 1. The predicted octanol–water partition coefficient (Wildman–Crippen LogP) is 1.53. The molecule has 3 N–H and O–H groups in total. The predicted molar refractivity (Wildman–Crippen MR) is 104 cm³/mol. The van der Waals surface area contributed by atoms with Gasteiger partial charge in [-0.25, -0.2) is 13.6 Å². The third kappa shape index (κ3) is 4.73. The summed E-state index contributed by atoms with van der Waals surface area (Å²) in [7, 11) is -3.76. The number of hydrogen-bond acceptors (Lipinski definition) is 5. The molecule has 3 rings (SSSR count). The maximum Gasteiger partial charge on any atom is 0.255 e. The number of carbonyl (C=O) groups excluding carboxylic acids is 2. The van der Waals surface area contributed by atoms with E-state index < -0.39 is 10.0 Å². The van der Waals surface area contributed by atoms with Crippen LogP contribution in [0.15, 0.2) is 47.5 Å². The Kier molecular flexibility index (Phi) is 5.76. The third-order valence-corrected chi connectivity index (χ3v) is 5.69. The Balaban J connectivity index is 1.55. The molecule has 0 saturated carbocycles. The average molecular weight is 402 g/mol. The first-order valence-corrected chi connectivity index (χ1v) is 10.4. The number of rotatable bonds is 4. The summed E-state index contributed by atoms with van der Waals surface area (Å²) in [5.74, 6) is -0.435. The molecule has 0 bridgehead atoms. The van der Waals surface area contributed by atoms with Crippen LogP contribution in [-0.4, -0.2) is 43.2 Å². The average Bonchev–Trinajstić information content (AvgIpc) is 2.68. The van der Waals surface area contributed by atoms with Crippen molar-refractivity contribution in [3.8, 4) is 0 Å². The number of anilines is 1. The van der Waals surface area contributed by atoms with Gasteiger partial charge in [0.2, 0.25) is 15.9 Å². The molecule has 148 valence electrons. The van der Waals surface area contributed by atoms with E-state index in [9.17, 15) is 18.0 Å². The monoisotopic (exact) mass is 402 g/mol. The van der Waals surface area contributed by atoms with Crippen molar-refractivity contribution >= 4 is 27.5 Å². The largest absolute Gasteiger partial charge is 0.339 e. The number of sulfonamides is 1. The molecular formula is C19H22N4O4S. The highest BCUT2D eigenvalue weighted by Crippen LogP contribution is 2.21. The minimum Gasteiger partial charge on any atom is -0.339 e. The second kappa shape index (κ2) is 8.07. The fourth-order valence-corrected chi connectivity index (χ4v) is 3.61. The molecule has 0 unspecified atom stereocenters. The molecule has 1 aliphatic heterocycles. The van der Waals surface area contributed by atoms with Crippen LogP contribution in [0.3, 0.4) is 0 Å². The second-order valence-electron chi connectivity index (χ2n) is 6.81. The number of aromatic nitrogens is 1. The summed E-state index contributed by atoms with van der Waals surface area (Å²) >= 11 is 0. The number of amides is 2. The zero-order valence-electron chi connectivity index (χ0n) is 15.5. The van der Waals surface area contributed by atoms with Crippen LogP contribution in [0.2, 0.25) is 0 Å². The summed E-state index contributed by atoms with van der Waals surface area (Å²) in [6.07, 6.45) is 2.69. The van der Waals surface area contributed by atoms with Gasteiger partial charge in [-0.15, -0.1) is 0 Å². The number of pyridine rings is 1. The van der Waals surface area contributed by atoms with E-state index in [2.05, 4.69) is 10.3 Å². The lowest BCUT2D eigenvalue weighted by atomic mass is 9.95. The smallest absolute Gasteiger partial charge is 0.255 e. The van der Waals surface area contributed by atoms with Crippen molar-refractivity contribution in [2.24, 2.45) is 11.1 Å². The van der Waals surface area contributed by atoms with Crippen LogP contribution in [0.4, 0.5) is 5.69 Å². The molecule has 0 atom stereocenters. The molecule has 2 aromatic rings. The Morgan fingerprint density at radius 1 is 1.11 bits per heavy atom. The number of nitrogens with two attached hydrogens (primary N) is 1. The molecule has 2 heterocycles. The van der Waals surface area contributed by atoms with Crippen LogP contribution in [0.25, 0.3) is 0 Å². The van der Waals surface area contributed by atoms with Crippen LogP contribution in [0.5, 0.6) is 0 Å². The zero-order valence-corrected chi connectivity index (χ0v) is 16.3. The van der Waals surface area contributed by atoms with Crippen LogP contribution < -0.4 is 10.5 Å². The number of nitrogens with zero attached hydrogens (tertiary/aromatic N) is 2. The van der Waals surface area contributed by atoms with Gasteiger partial charge in [-0.3, -0.25) is 14.6 Å². The van der Waals surface area contributed by atoms with E-state index in [1.807, 2.05) is 6.92 Å². The summed E-state index contributed by atoms with van der Waals surface area (Å²) in [6, 6.07) is 9.26. The molecule has 2 amide bonds. The first-order chi connectivity index (χ1) is 13.2. The van der Waals surface area contributed by atoms with Gasteiger partial charge in [-0.05, 0) is 56.2 Å². The van der Waals surface area contributed by atoms with E-state index in [1.165, 1.54) is 24.3 Å². The van der Waals surface area contributed by atoms with Crippen molar-refractivity contribution in [1.82, 2.24) is 9.88 Å². The summed E-state index contributed by atoms with van der Waals surface area (Å²) in [6.45, 7) is 2.85. The molecule has 0 radical (unpaired) electrons. The normalized spacial score (nSPS) is 15.3. The number of likely N-dealkylation sites (tertiary alicyclic amines) is 1. The van der Waals surface area contributed by atoms with Gasteiger partial charge >= 0.3 is 0 Å². The first-order valence-electron chi connectivity index (χ1n) is 8.90. The van der Waals surface area contributed by atoms with E-state index in [0.717, 1.165) is 5.69 Å². The number of primary sulfonamides is 1. The van der Waals surface area contributed by atoms with E-state index in [-0.39, 0.29) is 22.6 Å². The summed E-state index contributed by atoms with van der Waals surface area (Å²) in [5, 5.41) is 7.84. The van der Waals surface area contributed by atoms with Gasteiger partial charge in [0.15, 0.2) is 0 Å². The summed E-state index contributed by atoms with van der Waals surface area (Å²) in [4.78, 5) is 30.9. The fourth-order valence-electron chi connectivity index (χ4n) is 3.09. The first kappa shape index (κ1) is 20.0. The van der Waals surface area contributed by atoms with Gasteiger partial charge in [0.1, 0.15) is 0 Å². The van der Waals surface area contributed by atoms with Gasteiger partial charge in [-0.2, -0.15) is 0 Å². The molecule has 1 fully saturated rings.